The number of benzene rings is 9. The van der Waals surface area contributed by atoms with Crippen LogP contribution >= 0.6 is 0 Å². The Morgan fingerprint density at radius 3 is 1.30 bits per heavy atom. The Morgan fingerprint density at radius 2 is 0.720 bits per heavy atom. The van der Waals surface area contributed by atoms with E-state index in [0.717, 1.165) is 65.8 Å². The average molecular weight is 637 g/mol. The minimum Gasteiger partial charge on any atom is -0.455 e. The highest BCUT2D eigenvalue weighted by Gasteiger charge is 2.25. The number of fused-ring (bicyclic) bond motifs is 9. The van der Waals surface area contributed by atoms with Crippen LogP contribution in [-0.2, 0) is 0 Å². The van der Waals surface area contributed by atoms with Crippen LogP contribution < -0.4 is 0 Å². The third-order valence-electron chi connectivity index (χ3n) is 10.4. The average Bonchev–Trinajstić information content (AvgIpc) is 3.74. The van der Waals surface area contributed by atoms with E-state index in [2.05, 4.69) is 158 Å². The van der Waals surface area contributed by atoms with Crippen molar-refractivity contribution < 1.29 is 8.83 Å². The summed E-state index contributed by atoms with van der Waals surface area (Å²) in [4.78, 5) is 0. The first kappa shape index (κ1) is 27.3. The highest BCUT2D eigenvalue weighted by atomic mass is 16.3. The van der Waals surface area contributed by atoms with E-state index in [1.807, 2.05) is 12.1 Å². The number of para-hydroxylation sites is 2. The van der Waals surface area contributed by atoms with Crippen molar-refractivity contribution in [3.05, 3.63) is 170 Å². The summed E-state index contributed by atoms with van der Waals surface area (Å²) < 4.78 is 13.6. The van der Waals surface area contributed by atoms with Gasteiger partial charge >= 0.3 is 0 Å². The lowest BCUT2D eigenvalue weighted by Crippen LogP contribution is -1.92. The first-order chi connectivity index (χ1) is 24.8. The molecule has 0 saturated carbocycles. The Hall–Kier alpha value is -6.64. The van der Waals surface area contributed by atoms with Crippen molar-refractivity contribution in [2.24, 2.45) is 0 Å². The van der Waals surface area contributed by atoms with Gasteiger partial charge in [0.05, 0.1) is 5.56 Å². The standard InChI is InChI=1S/C48H28O2/c1-2-12-29(13-3-1)31-24-22-30-23-25-32(27-33(30)26-31)44-36-16-4-6-18-38(36)45(39-19-7-5-17-37(39)44)46-47-40(34-14-8-10-20-42(34)49-47)28-41-35-15-9-11-21-43(35)50-48(41)46/h1-28H. The van der Waals surface area contributed by atoms with Crippen LogP contribution in [0.15, 0.2) is 179 Å². The van der Waals surface area contributed by atoms with Gasteiger partial charge in [-0.3, -0.25) is 0 Å². The number of furan rings is 2. The molecule has 232 valence electrons. The van der Waals surface area contributed by atoms with Crippen molar-refractivity contribution in [2.45, 2.75) is 0 Å². The summed E-state index contributed by atoms with van der Waals surface area (Å²) in [7, 11) is 0. The molecule has 2 aromatic heterocycles. The van der Waals surface area contributed by atoms with Gasteiger partial charge in [0.2, 0.25) is 0 Å². The predicted molar refractivity (Wildman–Crippen MR) is 210 cm³/mol. The van der Waals surface area contributed by atoms with Crippen LogP contribution in [-0.4, -0.2) is 0 Å². The molecule has 2 nitrogen and oxygen atoms in total. The molecule has 9 aromatic carbocycles. The second kappa shape index (κ2) is 10.4. The minimum atomic E-state index is 0.847. The van der Waals surface area contributed by atoms with Crippen molar-refractivity contribution in [3.8, 4) is 33.4 Å². The summed E-state index contributed by atoms with van der Waals surface area (Å²) in [5.41, 5.74) is 10.4. The van der Waals surface area contributed by atoms with Gasteiger partial charge in [0.25, 0.3) is 0 Å². The molecule has 0 aliphatic rings. The quantitative estimate of drug-likeness (QED) is 0.180. The van der Waals surface area contributed by atoms with Gasteiger partial charge in [-0.15, -0.1) is 0 Å². The van der Waals surface area contributed by atoms with E-state index in [1.165, 1.54) is 43.8 Å². The molecular weight excluding hydrogens is 609 g/mol. The zero-order chi connectivity index (χ0) is 32.8. The first-order valence-corrected chi connectivity index (χ1v) is 17.1. The maximum absolute atomic E-state index is 6.79. The summed E-state index contributed by atoms with van der Waals surface area (Å²) in [5.74, 6) is 0. The van der Waals surface area contributed by atoms with E-state index in [9.17, 15) is 0 Å². The van der Waals surface area contributed by atoms with E-state index < -0.39 is 0 Å². The Balaban J connectivity index is 1.27. The molecule has 0 N–H and O–H groups in total. The summed E-state index contributed by atoms with van der Waals surface area (Å²) in [6.07, 6.45) is 0. The summed E-state index contributed by atoms with van der Waals surface area (Å²) >= 11 is 0. The third kappa shape index (κ3) is 3.90. The van der Waals surface area contributed by atoms with Gasteiger partial charge in [0.1, 0.15) is 22.3 Å². The van der Waals surface area contributed by atoms with E-state index in [0.29, 0.717) is 0 Å². The Kier molecular flexibility index (Phi) is 5.70. The van der Waals surface area contributed by atoms with E-state index in [4.69, 9.17) is 8.83 Å². The van der Waals surface area contributed by atoms with Gasteiger partial charge in [-0.25, -0.2) is 0 Å². The number of rotatable bonds is 3. The SMILES string of the molecule is c1ccc(-c2ccc3ccc(-c4c5ccccc5c(-c5c6oc7ccccc7c6cc6c5oc5ccccc56)c5ccccc45)cc3c2)cc1. The Bertz CT molecular complexity index is 3000. The van der Waals surface area contributed by atoms with Gasteiger partial charge < -0.3 is 8.83 Å². The summed E-state index contributed by atoms with van der Waals surface area (Å²) in [5, 5.41) is 11.5. The van der Waals surface area contributed by atoms with Gasteiger partial charge in [-0.2, -0.15) is 0 Å². The fraction of sp³-hybridized carbons (Fsp3) is 0. The van der Waals surface area contributed by atoms with Crippen LogP contribution in [0.3, 0.4) is 0 Å². The normalized spacial score (nSPS) is 12.0. The van der Waals surface area contributed by atoms with Crippen LogP contribution in [0.4, 0.5) is 0 Å². The van der Waals surface area contributed by atoms with Gasteiger partial charge in [0.15, 0.2) is 0 Å². The maximum atomic E-state index is 6.79. The van der Waals surface area contributed by atoms with E-state index in [-0.39, 0.29) is 0 Å². The zero-order valence-electron chi connectivity index (χ0n) is 27.0. The lowest BCUT2D eigenvalue weighted by atomic mass is 9.84. The highest BCUT2D eigenvalue weighted by Crippen LogP contribution is 2.50. The van der Waals surface area contributed by atoms with E-state index in [1.54, 1.807) is 0 Å². The molecule has 50 heavy (non-hydrogen) atoms. The Labute approximate surface area is 287 Å². The highest BCUT2D eigenvalue weighted by molar-refractivity contribution is 6.29. The van der Waals surface area contributed by atoms with Crippen LogP contribution in [0.1, 0.15) is 0 Å². The van der Waals surface area contributed by atoms with Crippen LogP contribution in [0.5, 0.6) is 0 Å². The lowest BCUT2D eigenvalue weighted by molar-refractivity contribution is 0.658. The molecule has 0 atom stereocenters. The molecule has 0 spiro atoms. The lowest BCUT2D eigenvalue weighted by Gasteiger charge is -2.18. The van der Waals surface area contributed by atoms with Gasteiger partial charge in [-0.05, 0) is 84.9 Å². The van der Waals surface area contributed by atoms with Crippen LogP contribution in [0.25, 0.3) is 110 Å². The molecule has 0 fully saturated rings. The van der Waals surface area contributed by atoms with Crippen molar-refractivity contribution in [2.75, 3.05) is 0 Å². The summed E-state index contributed by atoms with van der Waals surface area (Å²) in [6.45, 7) is 0. The second-order valence-corrected chi connectivity index (χ2v) is 13.2. The molecule has 2 heteroatoms. The number of hydrogen-bond donors (Lipinski definition) is 0. The van der Waals surface area contributed by atoms with Crippen molar-refractivity contribution >= 4 is 76.2 Å². The maximum Gasteiger partial charge on any atom is 0.147 e. The molecule has 11 aromatic rings. The molecule has 0 bridgehead atoms. The smallest absolute Gasteiger partial charge is 0.147 e. The van der Waals surface area contributed by atoms with Crippen molar-refractivity contribution in [1.29, 1.82) is 0 Å². The molecule has 0 amide bonds. The largest absolute Gasteiger partial charge is 0.455 e. The third-order valence-corrected chi connectivity index (χ3v) is 10.4. The monoisotopic (exact) mass is 636 g/mol. The minimum absolute atomic E-state index is 0.847. The summed E-state index contributed by atoms with van der Waals surface area (Å²) in [6, 6.07) is 60.8. The second-order valence-electron chi connectivity index (χ2n) is 13.2. The van der Waals surface area contributed by atoms with Crippen molar-refractivity contribution in [3.63, 3.8) is 0 Å². The predicted octanol–water partition coefficient (Wildman–Crippen LogP) is 13.9. The molecule has 0 aliphatic heterocycles. The molecule has 0 saturated heterocycles. The molecule has 0 aliphatic carbocycles. The van der Waals surface area contributed by atoms with Gasteiger partial charge in [-0.1, -0.05) is 140 Å². The topological polar surface area (TPSA) is 26.3 Å². The molecule has 0 radical (unpaired) electrons. The first-order valence-electron chi connectivity index (χ1n) is 17.1. The fourth-order valence-corrected chi connectivity index (χ4v) is 8.18. The molecule has 0 unspecified atom stereocenters. The molecule has 2 heterocycles. The number of hydrogen-bond acceptors (Lipinski definition) is 2. The zero-order valence-corrected chi connectivity index (χ0v) is 27.0. The van der Waals surface area contributed by atoms with Gasteiger partial charge in [0, 0.05) is 27.1 Å². The van der Waals surface area contributed by atoms with Crippen LogP contribution in [0.2, 0.25) is 0 Å². The van der Waals surface area contributed by atoms with Crippen molar-refractivity contribution in [1.82, 2.24) is 0 Å². The van der Waals surface area contributed by atoms with Crippen LogP contribution in [0, 0.1) is 0 Å². The molecular formula is C48H28O2. The molecule has 11 rings (SSSR count). The van der Waals surface area contributed by atoms with E-state index >= 15 is 0 Å². The fourth-order valence-electron chi connectivity index (χ4n) is 8.18. The Morgan fingerprint density at radius 1 is 0.260 bits per heavy atom.